The van der Waals surface area contributed by atoms with Gasteiger partial charge in [0.2, 0.25) is 0 Å². The van der Waals surface area contributed by atoms with E-state index < -0.39 is 0 Å². The highest BCUT2D eigenvalue weighted by Crippen LogP contribution is 2.11. The summed E-state index contributed by atoms with van der Waals surface area (Å²) in [5, 5.41) is 10.1. The van der Waals surface area contributed by atoms with Crippen molar-refractivity contribution in [1.29, 1.82) is 0 Å². The third kappa shape index (κ3) is 3.56. The van der Waals surface area contributed by atoms with Crippen molar-refractivity contribution in [2.75, 3.05) is 7.11 Å². The van der Waals surface area contributed by atoms with Crippen LogP contribution >= 0.6 is 0 Å². The van der Waals surface area contributed by atoms with Gasteiger partial charge in [0, 0.05) is 17.8 Å². The number of hydrogen-bond acceptors (Lipinski definition) is 4. The molecular formula is C12H21N3O2. The molecule has 0 aliphatic heterocycles. The van der Waals surface area contributed by atoms with Crippen molar-refractivity contribution < 1.29 is 9.53 Å². The summed E-state index contributed by atoms with van der Waals surface area (Å²) in [5.41, 5.74) is 2.09. The summed E-state index contributed by atoms with van der Waals surface area (Å²) in [5.74, 6) is 0.0372. The van der Waals surface area contributed by atoms with Gasteiger partial charge in [-0.2, -0.15) is 5.10 Å². The number of carbonyl (C=O) groups is 1. The Morgan fingerprint density at radius 1 is 1.65 bits per heavy atom. The fraction of sp³-hybridized carbons (Fsp3) is 0.667. The maximum absolute atomic E-state index is 11.6. The molecule has 96 valence electrons. The van der Waals surface area contributed by atoms with Gasteiger partial charge in [0.1, 0.15) is 6.04 Å². The molecule has 0 fully saturated rings. The minimum atomic E-state index is -0.265. The molecule has 5 nitrogen and oxygen atoms in total. The molecule has 0 amide bonds. The Balaban J connectivity index is 2.61. The van der Waals surface area contributed by atoms with Gasteiger partial charge in [-0.25, -0.2) is 0 Å². The molecule has 1 aromatic rings. The van der Waals surface area contributed by atoms with Gasteiger partial charge in [0.15, 0.2) is 0 Å². The molecule has 0 saturated heterocycles. The summed E-state index contributed by atoms with van der Waals surface area (Å²) < 4.78 is 4.81. The fourth-order valence-corrected chi connectivity index (χ4v) is 1.65. The molecule has 5 heteroatoms. The van der Waals surface area contributed by atoms with Crippen molar-refractivity contribution in [3.63, 3.8) is 0 Å². The van der Waals surface area contributed by atoms with Crippen LogP contribution in [0.15, 0.2) is 6.20 Å². The van der Waals surface area contributed by atoms with E-state index in [1.54, 1.807) is 6.20 Å². The van der Waals surface area contributed by atoms with E-state index in [1.807, 2.05) is 13.8 Å². The maximum Gasteiger partial charge on any atom is 0.323 e. The molecule has 2 atom stereocenters. The van der Waals surface area contributed by atoms with Gasteiger partial charge >= 0.3 is 5.97 Å². The van der Waals surface area contributed by atoms with Crippen molar-refractivity contribution >= 4 is 5.97 Å². The molecule has 17 heavy (non-hydrogen) atoms. The normalized spacial score (nSPS) is 14.4. The molecule has 0 bridgehead atoms. The summed E-state index contributed by atoms with van der Waals surface area (Å²) in [7, 11) is 1.42. The topological polar surface area (TPSA) is 67.0 Å². The van der Waals surface area contributed by atoms with Crippen molar-refractivity contribution in [1.82, 2.24) is 15.5 Å². The van der Waals surface area contributed by atoms with Crippen LogP contribution in [-0.4, -0.2) is 29.3 Å². The van der Waals surface area contributed by atoms with Gasteiger partial charge in [-0.05, 0) is 12.8 Å². The lowest BCUT2D eigenvalue weighted by Crippen LogP contribution is -2.42. The Morgan fingerprint density at radius 2 is 2.35 bits per heavy atom. The number of rotatable bonds is 6. The van der Waals surface area contributed by atoms with Crippen LogP contribution < -0.4 is 5.32 Å². The first-order chi connectivity index (χ1) is 8.10. The third-order valence-corrected chi connectivity index (χ3v) is 3.11. The molecule has 0 saturated carbocycles. The average Bonchev–Trinajstić information content (AvgIpc) is 2.74. The number of nitrogens with one attached hydrogen (secondary N) is 2. The number of aryl methyl sites for hydroxylation is 1. The van der Waals surface area contributed by atoms with Crippen LogP contribution in [0.3, 0.4) is 0 Å². The number of ether oxygens (including phenoxy) is 1. The zero-order valence-electron chi connectivity index (χ0n) is 10.9. The molecule has 2 N–H and O–H groups in total. The first-order valence-corrected chi connectivity index (χ1v) is 5.90. The van der Waals surface area contributed by atoms with Crippen LogP contribution in [0.2, 0.25) is 0 Å². The molecule has 0 aliphatic rings. The monoisotopic (exact) mass is 239 g/mol. The van der Waals surface area contributed by atoms with E-state index in [4.69, 9.17) is 4.74 Å². The van der Waals surface area contributed by atoms with Crippen molar-refractivity contribution in [2.45, 2.75) is 39.8 Å². The minimum absolute atomic E-state index is 0.208. The second-order valence-electron chi connectivity index (χ2n) is 4.29. The smallest absolute Gasteiger partial charge is 0.323 e. The Bertz CT molecular complexity index is 362. The predicted molar refractivity (Wildman–Crippen MR) is 65.4 cm³/mol. The highest BCUT2D eigenvalue weighted by Gasteiger charge is 2.24. The van der Waals surface area contributed by atoms with E-state index in [2.05, 4.69) is 22.4 Å². The largest absolute Gasteiger partial charge is 0.468 e. The summed E-state index contributed by atoms with van der Waals surface area (Å²) in [4.78, 5) is 11.6. The number of esters is 1. The minimum Gasteiger partial charge on any atom is -0.468 e. The van der Waals surface area contributed by atoms with Gasteiger partial charge in [0.05, 0.1) is 13.3 Å². The van der Waals surface area contributed by atoms with E-state index >= 15 is 0 Å². The lowest BCUT2D eigenvalue weighted by atomic mass is 9.99. The van der Waals surface area contributed by atoms with Crippen LogP contribution in [0.5, 0.6) is 0 Å². The molecule has 2 unspecified atom stereocenters. The lowest BCUT2D eigenvalue weighted by molar-refractivity contribution is -0.144. The SMILES string of the molecule is CCC(C)C(NCc1cn[nH]c1C)C(=O)OC. The van der Waals surface area contributed by atoms with E-state index in [0.717, 1.165) is 17.7 Å². The van der Waals surface area contributed by atoms with Crippen LogP contribution in [0, 0.1) is 12.8 Å². The summed E-state index contributed by atoms with van der Waals surface area (Å²) in [6.07, 6.45) is 2.70. The molecule has 1 rings (SSSR count). The van der Waals surface area contributed by atoms with Crippen molar-refractivity contribution in [3.8, 4) is 0 Å². The second-order valence-corrected chi connectivity index (χ2v) is 4.29. The number of H-pyrrole nitrogens is 1. The summed E-state index contributed by atoms with van der Waals surface area (Å²) in [6, 6.07) is -0.265. The summed E-state index contributed by atoms with van der Waals surface area (Å²) >= 11 is 0. The average molecular weight is 239 g/mol. The number of methoxy groups -OCH3 is 1. The Morgan fingerprint density at radius 3 is 2.82 bits per heavy atom. The van der Waals surface area contributed by atoms with Crippen molar-refractivity contribution in [2.24, 2.45) is 5.92 Å². The van der Waals surface area contributed by atoms with Gasteiger partial charge < -0.3 is 4.74 Å². The highest BCUT2D eigenvalue weighted by atomic mass is 16.5. The lowest BCUT2D eigenvalue weighted by Gasteiger charge is -2.21. The first-order valence-electron chi connectivity index (χ1n) is 5.90. The molecule has 0 spiro atoms. The Kier molecular flexibility index (Phi) is 5.15. The first kappa shape index (κ1) is 13.7. The molecule has 0 aromatic carbocycles. The number of aromatic nitrogens is 2. The zero-order valence-corrected chi connectivity index (χ0v) is 10.9. The van der Waals surface area contributed by atoms with Gasteiger partial charge in [-0.3, -0.25) is 15.2 Å². The number of aromatic amines is 1. The van der Waals surface area contributed by atoms with Gasteiger partial charge in [-0.15, -0.1) is 0 Å². The standard InChI is InChI=1S/C12H21N3O2/c1-5-8(2)11(12(16)17-4)13-6-10-7-14-15-9(10)3/h7-8,11,13H,5-6H2,1-4H3,(H,14,15). The van der Waals surface area contributed by atoms with Crippen LogP contribution in [0.4, 0.5) is 0 Å². The third-order valence-electron chi connectivity index (χ3n) is 3.11. The van der Waals surface area contributed by atoms with E-state index in [-0.39, 0.29) is 17.9 Å². The summed E-state index contributed by atoms with van der Waals surface area (Å²) in [6.45, 7) is 6.68. The Labute approximate surface area is 102 Å². The Hall–Kier alpha value is -1.36. The maximum atomic E-state index is 11.6. The quantitative estimate of drug-likeness (QED) is 0.736. The predicted octanol–water partition coefficient (Wildman–Crippen LogP) is 1.40. The van der Waals surface area contributed by atoms with Gasteiger partial charge in [-0.1, -0.05) is 20.3 Å². The molecule has 1 heterocycles. The highest BCUT2D eigenvalue weighted by molar-refractivity contribution is 5.75. The molecular weight excluding hydrogens is 218 g/mol. The van der Waals surface area contributed by atoms with E-state index in [1.165, 1.54) is 7.11 Å². The van der Waals surface area contributed by atoms with E-state index in [0.29, 0.717) is 6.54 Å². The van der Waals surface area contributed by atoms with Crippen LogP contribution in [0.1, 0.15) is 31.5 Å². The molecule has 1 aromatic heterocycles. The fourth-order valence-electron chi connectivity index (χ4n) is 1.65. The zero-order chi connectivity index (χ0) is 12.8. The van der Waals surface area contributed by atoms with Crippen LogP contribution in [-0.2, 0) is 16.1 Å². The molecule has 0 aliphatic carbocycles. The second kappa shape index (κ2) is 6.39. The number of nitrogens with zero attached hydrogens (tertiary/aromatic N) is 1. The van der Waals surface area contributed by atoms with Gasteiger partial charge in [0.25, 0.3) is 0 Å². The van der Waals surface area contributed by atoms with E-state index in [9.17, 15) is 4.79 Å². The number of hydrogen-bond donors (Lipinski definition) is 2. The number of carbonyl (C=O) groups excluding carboxylic acids is 1. The van der Waals surface area contributed by atoms with Crippen molar-refractivity contribution in [3.05, 3.63) is 17.5 Å². The molecule has 0 radical (unpaired) electrons. The van der Waals surface area contributed by atoms with Crippen LogP contribution in [0.25, 0.3) is 0 Å².